The minimum absolute atomic E-state index is 0. The minimum atomic E-state index is 0. The van der Waals surface area contributed by atoms with Crippen LogP contribution in [0.25, 0.3) is 0 Å². The number of rotatable bonds is 2. The van der Waals surface area contributed by atoms with Crippen LogP contribution in [0.2, 0.25) is 0 Å². The van der Waals surface area contributed by atoms with Crippen LogP contribution in [-0.2, 0) is 71.8 Å². The van der Waals surface area contributed by atoms with Crippen molar-refractivity contribution in [3.8, 4) is 0 Å². The Morgan fingerprint density at radius 3 is 1.59 bits per heavy atom. The average molecular weight is 372 g/mol. The van der Waals surface area contributed by atoms with Crippen LogP contribution in [0, 0.1) is 26.0 Å². The quantitative estimate of drug-likeness (QED) is 0.709. The van der Waals surface area contributed by atoms with Crippen LogP contribution in [0.1, 0.15) is 22.3 Å². The summed E-state index contributed by atoms with van der Waals surface area (Å²) >= 11 is 0. The van der Waals surface area contributed by atoms with Crippen molar-refractivity contribution in [2.75, 3.05) is 0 Å². The van der Waals surface area contributed by atoms with Crippen molar-refractivity contribution in [1.29, 1.82) is 0 Å². The van der Waals surface area contributed by atoms with Gasteiger partial charge in [0, 0.05) is 65.4 Å². The van der Waals surface area contributed by atoms with E-state index in [0.717, 1.165) is 6.42 Å². The molecule has 2 aromatic carbocycles. The molecule has 2 heteroatoms. The van der Waals surface area contributed by atoms with Crippen LogP contribution in [0.4, 0.5) is 0 Å². The van der Waals surface area contributed by atoms with Gasteiger partial charge in [-0.2, -0.15) is 70.8 Å². The Kier molecular flexibility index (Phi) is 9.03. The summed E-state index contributed by atoms with van der Waals surface area (Å²) in [5.74, 6) is 0. The van der Waals surface area contributed by atoms with Gasteiger partial charge in [0.2, 0.25) is 0 Å². The monoisotopic (exact) mass is 372 g/mol. The molecule has 0 atom stereocenters. The van der Waals surface area contributed by atoms with Crippen molar-refractivity contribution in [3.63, 3.8) is 0 Å². The predicted molar refractivity (Wildman–Crippen MR) is 62.8 cm³/mol. The molecule has 0 aliphatic rings. The molecule has 0 nitrogen and oxygen atoms in total. The summed E-state index contributed by atoms with van der Waals surface area (Å²) in [4.78, 5) is 0. The molecule has 0 saturated carbocycles. The van der Waals surface area contributed by atoms with Crippen LogP contribution in [-0.4, -0.2) is 0 Å². The van der Waals surface area contributed by atoms with Gasteiger partial charge in [0.15, 0.2) is 0 Å². The second-order valence-corrected chi connectivity index (χ2v) is 3.94. The van der Waals surface area contributed by atoms with Crippen LogP contribution in [0.5, 0.6) is 0 Å². The maximum atomic E-state index is 3.16. The van der Waals surface area contributed by atoms with Crippen LogP contribution < -0.4 is 0 Å². The summed E-state index contributed by atoms with van der Waals surface area (Å²) in [7, 11) is 0. The molecule has 0 spiro atoms. The van der Waals surface area contributed by atoms with Gasteiger partial charge >= 0.3 is 0 Å². The van der Waals surface area contributed by atoms with E-state index in [0.29, 0.717) is 0 Å². The van der Waals surface area contributed by atoms with Gasteiger partial charge < -0.3 is 0 Å². The molecule has 0 amide bonds. The molecule has 0 fully saturated rings. The van der Waals surface area contributed by atoms with Gasteiger partial charge in [-0.05, 0) is 6.42 Å². The van der Waals surface area contributed by atoms with Crippen molar-refractivity contribution in [2.24, 2.45) is 0 Å². The number of benzene rings is 2. The van der Waals surface area contributed by atoms with Gasteiger partial charge in [0.25, 0.3) is 0 Å². The van der Waals surface area contributed by atoms with Gasteiger partial charge in [-0.1, -0.05) is 13.8 Å². The van der Waals surface area contributed by atoms with E-state index in [1.54, 1.807) is 0 Å². The fourth-order valence-corrected chi connectivity index (χ4v) is 1.75. The Bertz CT molecular complexity index is 420. The molecule has 0 aromatic heterocycles. The van der Waals surface area contributed by atoms with E-state index in [1.165, 1.54) is 22.3 Å². The predicted octanol–water partition coefficient (Wildman–Crippen LogP) is 3.49. The Morgan fingerprint density at radius 2 is 1.24 bits per heavy atom. The third kappa shape index (κ3) is 5.88. The second kappa shape index (κ2) is 8.70. The first-order valence-electron chi connectivity index (χ1n) is 5.18. The molecule has 82 valence electrons. The van der Waals surface area contributed by atoms with E-state index in [4.69, 9.17) is 0 Å². The van der Waals surface area contributed by atoms with Gasteiger partial charge in [-0.25, -0.2) is 0 Å². The first-order valence-corrected chi connectivity index (χ1v) is 5.18. The third-order valence-corrected chi connectivity index (χ3v) is 2.43. The molecular weight excluding hydrogens is 358 g/mol. The minimum Gasteiger partial charge on any atom is -0.181 e. The number of hydrogen-bond acceptors (Lipinski definition) is 0. The molecule has 0 N–H and O–H groups in total. The summed E-state index contributed by atoms with van der Waals surface area (Å²) in [5, 5.41) is 0. The average Bonchev–Trinajstić information content (AvgIpc) is 2.17. The molecule has 2 radical (unpaired) electrons. The third-order valence-electron chi connectivity index (χ3n) is 2.43. The zero-order chi connectivity index (χ0) is 10.7. The molecule has 0 aliphatic heterocycles. The summed E-state index contributed by atoms with van der Waals surface area (Å²) < 4.78 is 0. The molecule has 0 bridgehead atoms. The van der Waals surface area contributed by atoms with Crippen molar-refractivity contribution >= 4 is 0 Å². The van der Waals surface area contributed by atoms with Gasteiger partial charge in [0.05, 0.1) is 0 Å². The van der Waals surface area contributed by atoms with Crippen LogP contribution >= 0.6 is 0 Å². The summed E-state index contributed by atoms with van der Waals surface area (Å²) in [6.45, 7) is 4.15. The van der Waals surface area contributed by atoms with Crippen molar-refractivity contribution < 1.29 is 65.4 Å². The molecule has 2 rings (SSSR count). The summed E-state index contributed by atoms with van der Waals surface area (Å²) in [6.07, 6.45) is 0.991. The fraction of sp³-hybridized carbons (Fsp3) is 0.200. The van der Waals surface area contributed by atoms with Crippen molar-refractivity contribution in [2.45, 2.75) is 20.3 Å². The smallest absolute Gasteiger partial charge is 0 e. The number of aryl methyl sites for hydroxylation is 2. The topological polar surface area (TPSA) is 0 Å². The fourth-order valence-electron chi connectivity index (χ4n) is 1.75. The molecule has 0 unspecified atom stereocenters. The Morgan fingerprint density at radius 1 is 0.824 bits per heavy atom. The van der Waals surface area contributed by atoms with E-state index in [9.17, 15) is 0 Å². The summed E-state index contributed by atoms with van der Waals surface area (Å²) in [6, 6.07) is 18.9. The maximum absolute atomic E-state index is 3.16. The Hall–Kier alpha value is 0.648. The molecule has 2 aromatic rings. The summed E-state index contributed by atoms with van der Waals surface area (Å²) in [5.41, 5.74) is 5.09. The zero-order valence-corrected chi connectivity index (χ0v) is 16.0. The Balaban J connectivity index is 0.00000128. The Labute approximate surface area is 154 Å². The van der Waals surface area contributed by atoms with E-state index in [-0.39, 0.29) is 65.4 Å². The largest absolute Gasteiger partial charge is 0.181 e. The van der Waals surface area contributed by atoms with Crippen molar-refractivity contribution in [3.05, 3.63) is 70.8 Å². The zero-order valence-electron chi connectivity index (χ0n) is 10.3. The molecular formula is C15H14Y2-2. The van der Waals surface area contributed by atoms with Crippen LogP contribution in [0.15, 0.2) is 36.4 Å². The first-order chi connectivity index (χ1) is 7.24. The maximum Gasteiger partial charge on any atom is 0 e. The molecule has 0 aliphatic carbocycles. The standard InChI is InChI=1S/C15H14.2Y/c1-12-5-3-7-14(9-12)11-15-8-4-6-13(2)10-15;;/h3-4,7-10H,11H2,1-2H3;;/q-2;;. The van der Waals surface area contributed by atoms with E-state index < -0.39 is 0 Å². The normalized spacial score (nSPS) is 9.06. The SMILES string of the molecule is Cc1[c-]ccc(Cc2cc[c-]c(C)c2)c1.[Y].[Y]. The number of hydrogen-bond donors (Lipinski definition) is 0. The van der Waals surface area contributed by atoms with Crippen molar-refractivity contribution in [1.82, 2.24) is 0 Å². The van der Waals surface area contributed by atoms with E-state index in [1.807, 2.05) is 12.1 Å². The van der Waals surface area contributed by atoms with Gasteiger partial charge in [0.1, 0.15) is 0 Å². The van der Waals surface area contributed by atoms with E-state index in [2.05, 4.69) is 50.2 Å². The van der Waals surface area contributed by atoms with Gasteiger partial charge in [-0.3, -0.25) is 0 Å². The van der Waals surface area contributed by atoms with Gasteiger partial charge in [-0.15, -0.1) is 0 Å². The molecule has 0 saturated heterocycles. The van der Waals surface area contributed by atoms with Crippen LogP contribution in [0.3, 0.4) is 0 Å². The van der Waals surface area contributed by atoms with E-state index >= 15 is 0 Å². The molecule has 17 heavy (non-hydrogen) atoms. The molecule has 0 heterocycles. The second-order valence-electron chi connectivity index (χ2n) is 3.94. The first kappa shape index (κ1) is 17.6.